The van der Waals surface area contributed by atoms with Crippen molar-refractivity contribution < 1.29 is 9.21 Å². The van der Waals surface area contributed by atoms with Crippen LogP contribution in [-0.2, 0) is 17.9 Å². The molecule has 2 rings (SSSR count). The third-order valence-electron chi connectivity index (χ3n) is 3.53. The number of likely N-dealkylation sites (N-methyl/N-ethyl adjacent to an activating group) is 1. The summed E-state index contributed by atoms with van der Waals surface area (Å²) in [4.78, 5) is 14.1. The molecule has 112 valence electrons. The van der Waals surface area contributed by atoms with Gasteiger partial charge in [0, 0.05) is 12.2 Å². The number of furan rings is 1. The lowest BCUT2D eigenvalue weighted by molar-refractivity contribution is -0.125. The molecule has 0 spiro atoms. The van der Waals surface area contributed by atoms with Gasteiger partial charge in [-0.15, -0.1) is 0 Å². The Balaban J connectivity index is 1.88. The summed E-state index contributed by atoms with van der Waals surface area (Å²) in [6.07, 6.45) is 1.59. The molecule has 3 N–H and O–H groups in total. The van der Waals surface area contributed by atoms with Crippen LogP contribution < -0.4 is 11.1 Å². The lowest BCUT2D eigenvalue weighted by atomic mass is 10.1. The number of carbonyl (C=O) groups is 1. The number of amides is 1. The van der Waals surface area contributed by atoms with E-state index in [1.165, 1.54) is 0 Å². The van der Waals surface area contributed by atoms with Crippen molar-refractivity contribution in [1.82, 2.24) is 10.2 Å². The summed E-state index contributed by atoms with van der Waals surface area (Å²) in [5.41, 5.74) is 7.69. The molecule has 0 saturated carbocycles. The Bertz CT molecular complexity index is 581. The van der Waals surface area contributed by atoms with E-state index >= 15 is 0 Å². The minimum Gasteiger partial charge on any atom is -0.467 e. The highest BCUT2D eigenvalue weighted by Gasteiger charge is 2.18. The fourth-order valence-corrected chi connectivity index (χ4v) is 2.02. The molecule has 1 amide bonds. The molecule has 0 aliphatic carbocycles. The summed E-state index contributed by atoms with van der Waals surface area (Å²) in [5, 5.41) is 2.86. The van der Waals surface area contributed by atoms with Crippen molar-refractivity contribution in [3.05, 3.63) is 54.0 Å². The molecular weight excluding hydrogens is 266 g/mol. The number of nitrogen functional groups attached to an aromatic ring is 1. The van der Waals surface area contributed by atoms with E-state index in [1.807, 2.05) is 49.2 Å². The lowest BCUT2D eigenvalue weighted by Crippen LogP contribution is -2.42. The Morgan fingerprint density at radius 2 is 2.10 bits per heavy atom. The van der Waals surface area contributed by atoms with Gasteiger partial charge in [-0.25, -0.2) is 0 Å². The number of nitrogens with zero attached hydrogens (tertiary/aromatic N) is 1. The number of hydrogen-bond donors (Lipinski definition) is 2. The van der Waals surface area contributed by atoms with Crippen LogP contribution >= 0.6 is 0 Å². The highest BCUT2D eigenvalue weighted by Crippen LogP contribution is 2.14. The molecule has 2 aromatic rings. The first-order valence-electron chi connectivity index (χ1n) is 6.91. The van der Waals surface area contributed by atoms with E-state index in [0.717, 1.165) is 17.0 Å². The quantitative estimate of drug-likeness (QED) is 0.797. The standard InChI is InChI=1S/C16H21N3O2/c1-12(16(20)18-10-14-7-5-9-21-14)19(2)11-13-6-3-4-8-15(13)17/h3-9,12H,10-11,17H2,1-2H3,(H,18,20). The molecule has 1 heterocycles. The van der Waals surface area contributed by atoms with Gasteiger partial charge in [-0.2, -0.15) is 0 Å². The van der Waals surface area contributed by atoms with E-state index in [1.54, 1.807) is 12.3 Å². The molecule has 21 heavy (non-hydrogen) atoms. The van der Waals surface area contributed by atoms with Crippen molar-refractivity contribution in [2.75, 3.05) is 12.8 Å². The maximum atomic E-state index is 12.1. The number of benzene rings is 1. The second-order valence-corrected chi connectivity index (χ2v) is 5.09. The molecule has 5 nitrogen and oxygen atoms in total. The van der Waals surface area contributed by atoms with Crippen LogP contribution in [0.3, 0.4) is 0 Å². The van der Waals surface area contributed by atoms with Crippen LogP contribution in [0.5, 0.6) is 0 Å². The third kappa shape index (κ3) is 4.10. The van der Waals surface area contributed by atoms with Gasteiger partial charge in [0.05, 0.1) is 18.8 Å². The molecule has 1 aromatic heterocycles. The van der Waals surface area contributed by atoms with E-state index < -0.39 is 0 Å². The predicted molar refractivity (Wildman–Crippen MR) is 82.3 cm³/mol. The van der Waals surface area contributed by atoms with E-state index in [4.69, 9.17) is 10.2 Å². The molecule has 1 unspecified atom stereocenters. The first-order valence-corrected chi connectivity index (χ1v) is 6.91. The summed E-state index contributed by atoms with van der Waals surface area (Å²) in [5.74, 6) is 0.703. The molecule has 0 aliphatic rings. The normalized spacial score (nSPS) is 12.3. The Hall–Kier alpha value is -2.27. The largest absolute Gasteiger partial charge is 0.467 e. The maximum absolute atomic E-state index is 12.1. The number of hydrogen-bond acceptors (Lipinski definition) is 4. The molecular formula is C16H21N3O2. The summed E-state index contributed by atoms with van der Waals surface area (Å²) in [6.45, 7) is 2.90. The number of para-hydroxylation sites is 1. The molecule has 5 heteroatoms. The van der Waals surface area contributed by atoms with Crippen molar-refractivity contribution >= 4 is 11.6 Å². The molecule has 0 fully saturated rings. The Kier molecular flexibility index (Phi) is 5.00. The zero-order chi connectivity index (χ0) is 15.2. The van der Waals surface area contributed by atoms with Crippen LogP contribution in [0.25, 0.3) is 0 Å². The van der Waals surface area contributed by atoms with Crippen LogP contribution in [0, 0.1) is 0 Å². The summed E-state index contributed by atoms with van der Waals surface area (Å²) in [6, 6.07) is 11.1. The zero-order valence-electron chi connectivity index (χ0n) is 12.4. The van der Waals surface area contributed by atoms with Crippen LogP contribution in [-0.4, -0.2) is 23.9 Å². The average Bonchev–Trinajstić information content (AvgIpc) is 2.99. The van der Waals surface area contributed by atoms with Crippen molar-refractivity contribution in [2.24, 2.45) is 0 Å². The van der Waals surface area contributed by atoms with Gasteiger partial charge in [-0.05, 0) is 37.7 Å². The van der Waals surface area contributed by atoms with E-state index in [2.05, 4.69) is 5.32 Å². The van der Waals surface area contributed by atoms with Gasteiger partial charge in [0.1, 0.15) is 5.76 Å². The number of carbonyl (C=O) groups excluding carboxylic acids is 1. The number of anilines is 1. The molecule has 1 aromatic carbocycles. The van der Waals surface area contributed by atoms with E-state index in [-0.39, 0.29) is 11.9 Å². The fourth-order valence-electron chi connectivity index (χ4n) is 2.02. The van der Waals surface area contributed by atoms with Crippen LogP contribution in [0.2, 0.25) is 0 Å². The second-order valence-electron chi connectivity index (χ2n) is 5.09. The molecule has 0 radical (unpaired) electrons. The third-order valence-corrected chi connectivity index (χ3v) is 3.53. The van der Waals surface area contributed by atoms with E-state index in [9.17, 15) is 4.79 Å². The van der Waals surface area contributed by atoms with Crippen LogP contribution in [0.1, 0.15) is 18.2 Å². The lowest BCUT2D eigenvalue weighted by Gasteiger charge is -2.24. The molecule has 0 bridgehead atoms. The molecule has 0 aliphatic heterocycles. The summed E-state index contributed by atoms with van der Waals surface area (Å²) < 4.78 is 5.19. The van der Waals surface area contributed by atoms with Gasteiger partial charge in [0.15, 0.2) is 0 Å². The number of rotatable bonds is 6. The first-order chi connectivity index (χ1) is 10.1. The SMILES string of the molecule is CC(C(=O)NCc1ccco1)N(C)Cc1ccccc1N. The van der Waals surface area contributed by atoms with Crippen LogP contribution in [0.15, 0.2) is 47.1 Å². The zero-order valence-corrected chi connectivity index (χ0v) is 12.4. The van der Waals surface area contributed by atoms with E-state index in [0.29, 0.717) is 13.1 Å². The Morgan fingerprint density at radius 1 is 1.33 bits per heavy atom. The Morgan fingerprint density at radius 3 is 2.76 bits per heavy atom. The van der Waals surface area contributed by atoms with Crippen molar-refractivity contribution in [2.45, 2.75) is 26.1 Å². The minimum atomic E-state index is -0.250. The number of nitrogens with two attached hydrogens (primary N) is 1. The van der Waals surface area contributed by atoms with Gasteiger partial charge in [0.2, 0.25) is 5.91 Å². The monoisotopic (exact) mass is 287 g/mol. The molecule has 0 saturated heterocycles. The van der Waals surface area contributed by atoms with Gasteiger partial charge in [-0.1, -0.05) is 18.2 Å². The van der Waals surface area contributed by atoms with Crippen molar-refractivity contribution in [1.29, 1.82) is 0 Å². The Labute approximate surface area is 124 Å². The first kappa shape index (κ1) is 15.1. The summed E-state index contributed by atoms with van der Waals surface area (Å²) in [7, 11) is 1.91. The van der Waals surface area contributed by atoms with Gasteiger partial charge in [-0.3, -0.25) is 9.69 Å². The average molecular weight is 287 g/mol. The number of nitrogens with one attached hydrogen (secondary N) is 1. The summed E-state index contributed by atoms with van der Waals surface area (Å²) >= 11 is 0. The highest BCUT2D eigenvalue weighted by molar-refractivity contribution is 5.81. The topological polar surface area (TPSA) is 71.5 Å². The van der Waals surface area contributed by atoms with Crippen LogP contribution in [0.4, 0.5) is 5.69 Å². The second kappa shape index (κ2) is 6.95. The highest BCUT2D eigenvalue weighted by atomic mass is 16.3. The van der Waals surface area contributed by atoms with Gasteiger partial charge < -0.3 is 15.5 Å². The smallest absolute Gasteiger partial charge is 0.237 e. The fraction of sp³-hybridized carbons (Fsp3) is 0.312. The van der Waals surface area contributed by atoms with Gasteiger partial charge in [0.25, 0.3) is 0 Å². The molecule has 1 atom stereocenters. The van der Waals surface area contributed by atoms with Gasteiger partial charge >= 0.3 is 0 Å². The minimum absolute atomic E-state index is 0.0385. The van der Waals surface area contributed by atoms with Crippen molar-refractivity contribution in [3.8, 4) is 0 Å². The predicted octanol–water partition coefficient (Wildman–Crippen LogP) is 2.00. The van der Waals surface area contributed by atoms with Crippen molar-refractivity contribution in [3.63, 3.8) is 0 Å². The maximum Gasteiger partial charge on any atom is 0.237 e.